The first-order chi connectivity index (χ1) is 6.66. The number of nitrogens with zero attached hydrogens (tertiary/aromatic N) is 3. The Labute approximate surface area is 83.5 Å². The first-order valence-corrected chi connectivity index (χ1v) is 4.97. The normalized spacial score (nSPS) is 28.1. The largest absolute Gasteiger partial charge is 0.324 e. The maximum atomic E-state index is 5.16. The lowest BCUT2D eigenvalue weighted by molar-refractivity contribution is 0.360. The van der Waals surface area contributed by atoms with Crippen LogP contribution in [0.25, 0.3) is 0 Å². The van der Waals surface area contributed by atoms with Crippen LogP contribution in [0.15, 0.2) is 4.52 Å². The van der Waals surface area contributed by atoms with Gasteiger partial charge in [-0.3, -0.25) is 0 Å². The summed E-state index contributed by atoms with van der Waals surface area (Å²) in [5.74, 6) is 0.693. The third-order valence-corrected chi connectivity index (χ3v) is 2.53. The van der Waals surface area contributed by atoms with Crippen molar-refractivity contribution in [2.24, 2.45) is 0 Å². The summed E-state index contributed by atoms with van der Waals surface area (Å²) in [7, 11) is 0. The van der Waals surface area contributed by atoms with E-state index in [4.69, 9.17) is 4.52 Å². The molecule has 2 rings (SSSR count). The summed E-state index contributed by atoms with van der Waals surface area (Å²) in [5, 5.41) is 7.21. The number of piperazine rings is 1. The van der Waals surface area contributed by atoms with Crippen LogP contribution in [-0.2, 0) is 0 Å². The van der Waals surface area contributed by atoms with E-state index in [1.165, 1.54) is 0 Å². The molecular formula is C9H16N4O. The summed E-state index contributed by atoms with van der Waals surface area (Å²) in [6.07, 6.45) is 0. The Morgan fingerprint density at radius 1 is 1.50 bits per heavy atom. The summed E-state index contributed by atoms with van der Waals surface area (Å²) < 4.78 is 5.16. The topological polar surface area (TPSA) is 54.2 Å². The van der Waals surface area contributed by atoms with E-state index in [1.807, 2.05) is 6.92 Å². The van der Waals surface area contributed by atoms with Crippen LogP contribution in [0.3, 0.4) is 0 Å². The Morgan fingerprint density at radius 2 is 2.29 bits per heavy atom. The Bertz CT molecular complexity index is 312. The van der Waals surface area contributed by atoms with Crippen LogP contribution in [0.2, 0.25) is 0 Å². The number of rotatable bonds is 1. The number of hydrogen-bond donors (Lipinski definition) is 1. The van der Waals surface area contributed by atoms with Crippen molar-refractivity contribution in [3.63, 3.8) is 0 Å². The van der Waals surface area contributed by atoms with Crippen LogP contribution in [0, 0.1) is 6.92 Å². The van der Waals surface area contributed by atoms with E-state index in [0.717, 1.165) is 13.1 Å². The van der Waals surface area contributed by atoms with Crippen LogP contribution in [-0.4, -0.2) is 35.3 Å². The van der Waals surface area contributed by atoms with Gasteiger partial charge in [0.15, 0.2) is 5.82 Å². The predicted molar refractivity (Wildman–Crippen MR) is 53.3 cm³/mol. The highest BCUT2D eigenvalue weighted by molar-refractivity contribution is 5.28. The van der Waals surface area contributed by atoms with Crippen LogP contribution in [0.4, 0.5) is 6.01 Å². The number of aryl methyl sites for hydroxylation is 1. The average Bonchev–Trinajstić information content (AvgIpc) is 2.56. The van der Waals surface area contributed by atoms with Gasteiger partial charge in [0.05, 0.1) is 0 Å². The number of aromatic nitrogens is 2. The molecule has 1 N–H and O–H groups in total. The van der Waals surface area contributed by atoms with Gasteiger partial charge in [0.2, 0.25) is 0 Å². The lowest BCUT2D eigenvalue weighted by Crippen LogP contribution is -2.54. The molecule has 0 saturated carbocycles. The molecule has 0 radical (unpaired) electrons. The van der Waals surface area contributed by atoms with Gasteiger partial charge in [0.25, 0.3) is 0 Å². The van der Waals surface area contributed by atoms with Gasteiger partial charge in [-0.05, 0) is 20.8 Å². The minimum Gasteiger partial charge on any atom is -0.319 e. The van der Waals surface area contributed by atoms with E-state index in [-0.39, 0.29) is 0 Å². The van der Waals surface area contributed by atoms with Gasteiger partial charge >= 0.3 is 6.01 Å². The highest BCUT2D eigenvalue weighted by Crippen LogP contribution is 2.16. The minimum atomic E-state index is 0.408. The molecule has 14 heavy (non-hydrogen) atoms. The van der Waals surface area contributed by atoms with Crippen molar-refractivity contribution in [1.29, 1.82) is 0 Å². The van der Waals surface area contributed by atoms with Crippen LogP contribution >= 0.6 is 0 Å². The molecule has 0 aromatic carbocycles. The fourth-order valence-electron chi connectivity index (χ4n) is 1.69. The summed E-state index contributed by atoms with van der Waals surface area (Å²) in [5.41, 5.74) is 0. The molecule has 1 aromatic rings. The summed E-state index contributed by atoms with van der Waals surface area (Å²) in [6, 6.07) is 1.52. The van der Waals surface area contributed by atoms with Gasteiger partial charge in [-0.25, -0.2) is 0 Å². The van der Waals surface area contributed by atoms with Gasteiger partial charge in [-0.1, -0.05) is 5.16 Å². The van der Waals surface area contributed by atoms with Crippen molar-refractivity contribution in [3.05, 3.63) is 5.82 Å². The lowest BCUT2D eigenvalue weighted by Gasteiger charge is -2.35. The highest BCUT2D eigenvalue weighted by atomic mass is 16.5. The van der Waals surface area contributed by atoms with Crippen molar-refractivity contribution in [1.82, 2.24) is 15.5 Å². The van der Waals surface area contributed by atoms with Gasteiger partial charge in [-0.15, -0.1) is 0 Å². The van der Waals surface area contributed by atoms with Crippen molar-refractivity contribution < 1.29 is 4.52 Å². The molecule has 1 saturated heterocycles. The van der Waals surface area contributed by atoms with E-state index in [0.29, 0.717) is 23.9 Å². The summed E-state index contributed by atoms with van der Waals surface area (Å²) >= 11 is 0. The third kappa shape index (κ3) is 1.72. The molecule has 0 bridgehead atoms. The number of nitrogens with one attached hydrogen (secondary N) is 1. The van der Waals surface area contributed by atoms with Crippen LogP contribution in [0.1, 0.15) is 19.7 Å². The van der Waals surface area contributed by atoms with Crippen molar-refractivity contribution in [3.8, 4) is 0 Å². The lowest BCUT2D eigenvalue weighted by atomic mass is 10.1. The van der Waals surface area contributed by atoms with E-state index < -0.39 is 0 Å². The fourth-order valence-corrected chi connectivity index (χ4v) is 1.69. The molecule has 0 amide bonds. The molecular weight excluding hydrogens is 180 g/mol. The maximum absolute atomic E-state index is 5.16. The average molecular weight is 196 g/mol. The van der Waals surface area contributed by atoms with E-state index >= 15 is 0 Å². The Hall–Kier alpha value is -1.10. The quantitative estimate of drug-likeness (QED) is 0.711. The molecule has 1 aromatic heterocycles. The Morgan fingerprint density at radius 3 is 2.93 bits per heavy atom. The van der Waals surface area contributed by atoms with Crippen molar-refractivity contribution in [2.45, 2.75) is 32.9 Å². The van der Waals surface area contributed by atoms with Crippen molar-refractivity contribution >= 4 is 6.01 Å². The monoisotopic (exact) mass is 196 g/mol. The Balaban J connectivity index is 2.15. The van der Waals surface area contributed by atoms with Gasteiger partial charge in [0.1, 0.15) is 0 Å². The molecule has 0 spiro atoms. The smallest absolute Gasteiger partial charge is 0.319 e. The number of anilines is 1. The van der Waals surface area contributed by atoms with Crippen LogP contribution in [0.5, 0.6) is 0 Å². The fraction of sp³-hybridized carbons (Fsp3) is 0.778. The SMILES string of the molecule is Cc1noc(N2CC(C)NCC2C)n1. The standard InChI is InChI=1S/C9H16N4O/c1-6-5-13(7(2)4-10-6)9-11-8(3)12-14-9/h6-7,10H,4-5H2,1-3H3. The third-order valence-electron chi connectivity index (χ3n) is 2.53. The van der Waals surface area contributed by atoms with Gasteiger partial charge in [0, 0.05) is 25.2 Å². The molecule has 1 aliphatic rings. The van der Waals surface area contributed by atoms with E-state index in [2.05, 4.69) is 34.2 Å². The molecule has 5 heteroatoms. The first kappa shape index (κ1) is 9.45. The molecule has 78 valence electrons. The first-order valence-electron chi connectivity index (χ1n) is 4.97. The van der Waals surface area contributed by atoms with E-state index in [1.54, 1.807) is 0 Å². The summed E-state index contributed by atoms with van der Waals surface area (Å²) in [4.78, 5) is 6.39. The number of hydrogen-bond acceptors (Lipinski definition) is 5. The zero-order valence-electron chi connectivity index (χ0n) is 8.82. The molecule has 5 nitrogen and oxygen atoms in total. The van der Waals surface area contributed by atoms with Gasteiger partial charge < -0.3 is 14.7 Å². The molecule has 2 heterocycles. The second-order valence-corrected chi connectivity index (χ2v) is 3.93. The second-order valence-electron chi connectivity index (χ2n) is 3.93. The van der Waals surface area contributed by atoms with E-state index in [9.17, 15) is 0 Å². The Kier molecular flexibility index (Phi) is 2.41. The summed E-state index contributed by atoms with van der Waals surface area (Å²) in [6.45, 7) is 8.02. The van der Waals surface area contributed by atoms with Crippen LogP contribution < -0.4 is 10.2 Å². The molecule has 1 aliphatic heterocycles. The second kappa shape index (κ2) is 3.57. The van der Waals surface area contributed by atoms with Crippen molar-refractivity contribution in [2.75, 3.05) is 18.0 Å². The molecule has 2 unspecified atom stereocenters. The zero-order chi connectivity index (χ0) is 10.1. The molecule has 1 fully saturated rings. The molecule has 2 atom stereocenters. The maximum Gasteiger partial charge on any atom is 0.324 e. The minimum absolute atomic E-state index is 0.408. The predicted octanol–water partition coefficient (Wildman–Crippen LogP) is 0.565. The zero-order valence-corrected chi connectivity index (χ0v) is 8.82. The highest BCUT2D eigenvalue weighted by Gasteiger charge is 2.26. The van der Waals surface area contributed by atoms with Gasteiger partial charge in [-0.2, -0.15) is 4.98 Å². The molecule has 0 aliphatic carbocycles.